The molecule has 2 aromatic rings. The highest BCUT2D eigenvalue weighted by atomic mass is 79.9. The summed E-state index contributed by atoms with van der Waals surface area (Å²) in [6.07, 6.45) is 2.26. The summed E-state index contributed by atoms with van der Waals surface area (Å²) in [4.78, 5) is 33.8. The zero-order valence-electron chi connectivity index (χ0n) is 19.1. The molecule has 6 rings (SSSR count). The van der Waals surface area contributed by atoms with Crippen LogP contribution in [-0.2, 0) is 19.1 Å². The van der Waals surface area contributed by atoms with E-state index in [2.05, 4.69) is 47.1 Å². The van der Waals surface area contributed by atoms with Gasteiger partial charge in [0, 0.05) is 57.5 Å². The third kappa shape index (κ3) is 5.05. The molecule has 4 aliphatic heterocycles. The number of hydrogen-bond acceptors (Lipinski definition) is 6. The highest BCUT2D eigenvalue weighted by Gasteiger charge is 2.43. The standard InChI is InChI=1S/C13H13BrF2N2O2.C11H11BrN2O2/c14-7-3-9-8-1-2-20-6-10(8)13(19)18(5-11(15)16)12(9)17-4-7;12-6-3-8-7-1-2-16-5-9(7)11(15)14-10(8)13-4-6/h3-4,8,10-11H,1-2,5-6H2;3-4,7,9H,1-2,5H2,(H,13,14,15)/t8-,10+;7-,9+/m00/s1. The summed E-state index contributed by atoms with van der Waals surface area (Å²) in [5.74, 6) is 0.610. The van der Waals surface area contributed by atoms with Gasteiger partial charge < -0.3 is 14.8 Å². The molecule has 6 heterocycles. The molecule has 36 heavy (non-hydrogen) atoms. The van der Waals surface area contributed by atoms with E-state index in [0.29, 0.717) is 31.3 Å². The number of nitrogens with one attached hydrogen (secondary N) is 1. The van der Waals surface area contributed by atoms with Gasteiger partial charge in [0.25, 0.3) is 6.43 Å². The molecule has 12 heteroatoms. The first-order valence-electron chi connectivity index (χ1n) is 11.7. The molecule has 2 saturated heterocycles. The van der Waals surface area contributed by atoms with Crippen molar-refractivity contribution in [3.8, 4) is 0 Å². The lowest BCUT2D eigenvalue weighted by atomic mass is 9.79. The molecule has 2 aromatic heterocycles. The van der Waals surface area contributed by atoms with Crippen LogP contribution in [0.5, 0.6) is 0 Å². The molecule has 4 aliphatic rings. The second-order valence-electron chi connectivity index (χ2n) is 9.14. The first-order valence-corrected chi connectivity index (χ1v) is 13.3. The zero-order valence-corrected chi connectivity index (χ0v) is 22.3. The second-order valence-corrected chi connectivity index (χ2v) is 11.0. The summed E-state index contributed by atoms with van der Waals surface area (Å²) in [5.41, 5.74) is 1.98. The van der Waals surface area contributed by atoms with Crippen molar-refractivity contribution in [3.63, 3.8) is 0 Å². The van der Waals surface area contributed by atoms with Crippen molar-refractivity contribution in [1.82, 2.24) is 9.97 Å². The first-order chi connectivity index (χ1) is 17.3. The minimum atomic E-state index is -2.58. The summed E-state index contributed by atoms with van der Waals surface area (Å²) in [6.45, 7) is 1.48. The molecule has 2 amide bonds. The number of aromatic nitrogens is 2. The van der Waals surface area contributed by atoms with E-state index < -0.39 is 13.0 Å². The molecule has 0 aromatic carbocycles. The smallest absolute Gasteiger partial charge is 0.256 e. The molecule has 192 valence electrons. The van der Waals surface area contributed by atoms with Crippen molar-refractivity contribution >= 4 is 55.3 Å². The molecule has 2 fully saturated rings. The Labute approximate surface area is 223 Å². The molecule has 0 spiro atoms. The van der Waals surface area contributed by atoms with E-state index in [0.717, 1.165) is 38.0 Å². The van der Waals surface area contributed by atoms with Crippen LogP contribution >= 0.6 is 31.9 Å². The number of pyridine rings is 2. The summed E-state index contributed by atoms with van der Waals surface area (Å²) in [7, 11) is 0. The van der Waals surface area contributed by atoms with Gasteiger partial charge in [-0.2, -0.15) is 0 Å². The Hall–Kier alpha value is -2.02. The van der Waals surface area contributed by atoms with E-state index in [-0.39, 0.29) is 42.1 Å². The Morgan fingerprint density at radius 1 is 0.944 bits per heavy atom. The van der Waals surface area contributed by atoms with Gasteiger partial charge in [-0.1, -0.05) is 0 Å². The molecule has 1 N–H and O–H groups in total. The third-order valence-electron chi connectivity index (χ3n) is 6.99. The molecule has 0 aliphatic carbocycles. The van der Waals surface area contributed by atoms with E-state index in [4.69, 9.17) is 9.47 Å². The number of carbonyl (C=O) groups is 2. The molecule has 8 nitrogen and oxygen atoms in total. The van der Waals surface area contributed by atoms with E-state index in [9.17, 15) is 18.4 Å². The maximum atomic E-state index is 12.7. The van der Waals surface area contributed by atoms with Crippen molar-refractivity contribution in [1.29, 1.82) is 0 Å². The minimum Gasteiger partial charge on any atom is -0.381 e. The molecule has 0 saturated carbocycles. The molecule has 0 unspecified atom stereocenters. The topological polar surface area (TPSA) is 93.6 Å². The largest absolute Gasteiger partial charge is 0.381 e. The van der Waals surface area contributed by atoms with E-state index in [1.807, 2.05) is 12.1 Å². The summed E-state index contributed by atoms with van der Waals surface area (Å²) < 4.78 is 37.9. The molecule has 4 atom stereocenters. The van der Waals surface area contributed by atoms with Crippen molar-refractivity contribution in [2.75, 3.05) is 43.2 Å². The quantitative estimate of drug-likeness (QED) is 0.526. The molecule has 0 radical (unpaired) electrons. The van der Waals surface area contributed by atoms with Crippen LogP contribution in [0, 0.1) is 11.8 Å². The lowest BCUT2D eigenvalue weighted by Crippen LogP contribution is -2.49. The van der Waals surface area contributed by atoms with Gasteiger partial charge in [0.05, 0.1) is 31.6 Å². The SMILES string of the molecule is O=C1Nc2ncc(Br)cc2[C@@H]2CCOC[C@@H]12.O=C1[C@@H]2COCC[C@H]2c2cc(Br)cnc2N1CC(F)F. The van der Waals surface area contributed by atoms with Gasteiger partial charge >= 0.3 is 0 Å². The number of ether oxygens (including phenoxy) is 2. The summed E-state index contributed by atoms with van der Waals surface area (Å²) >= 11 is 6.76. The van der Waals surface area contributed by atoms with Crippen LogP contribution in [0.15, 0.2) is 33.5 Å². The van der Waals surface area contributed by atoms with Crippen LogP contribution in [0.3, 0.4) is 0 Å². The Morgan fingerprint density at radius 3 is 2.25 bits per heavy atom. The summed E-state index contributed by atoms with van der Waals surface area (Å²) in [6, 6.07) is 3.92. The maximum absolute atomic E-state index is 12.7. The van der Waals surface area contributed by atoms with Crippen LogP contribution in [0.1, 0.15) is 35.8 Å². The van der Waals surface area contributed by atoms with Gasteiger partial charge in [0.2, 0.25) is 11.8 Å². The van der Waals surface area contributed by atoms with Gasteiger partial charge in [-0.15, -0.1) is 0 Å². The van der Waals surface area contributed by atoms with E-state index in [1.165, 1.54) is 6.20 Å². The maximum Gasteiger partial charge on any atom is 0.256 e. The van der Waals surface area contributed by atoms with Crippen LogP contribution in [0.2, 0.25) is 0 Å². The lowest BCUT2D eigenvalue weighted by Gasteiger charge is -2.40. The fourth-order valence-corrected chi connectivity index (χ4v) is 6.04. The average molecular weight is 630 g/mol. The van der Waals surface area contributed by atoms with Crippen molar-refractivity contribution < 1.29 is 27.8 Å². The number of anilines is 2. The van der Waals surface area contributed by atoms with Crippen LogP contribution < -0.4 is 10.2 Å². The van der Waals surface area contributed by atoms with Crippen molar-refractivity contribution in [2.24, 2.45) is 11.8 Å². The average Bonchev–Trinajstić information content (AvgIpc) is 2.87. The molecular weight excluding hydrogens is 606 g/mol. The highest BCUT2D eigenvalue weighted by Crippen LogP contribution is 2.43. The monoisotopic (exact) mass is 628 g/mol. The van der Waals surface area contributed by atoms with Crippen molar-refractivity contribution in [2.45, 2.75) is 31.1 Å². The van der Waals surface area contributed by atoms with Gasteiger partial charge in [-0.25, -0.2) is 18.7 Å². The molecule has 0 bridgehead atoms. The number of amides is 2. The first kappa shape index (κ1) is 25.6. The number of nitrogens with zero attached hydrogens (tertiary/aromatic N) is 3. The van der Waals surface area contributed by atoms with Gasteiger partial charge in [0.15, 0.2) is 0 Å². The van der Waals surface area contributed by atoms with Gasteiger partial charge in [-0.3, -0.25) is 14.5 Å². The van der Waals surface area contributed by atoms with Crippen LogP contribution in [0.25, 0.3) is 0 Å². The number of rotatable bonds is 2. The zero-order chi connectivity index (χ0) is 25.4. The number of halogens is 4. The van der Waals surface area contributed by atoms with Gasteiger partial charge in [0.1, 0.15) is 11.6 Å². The second kappa shape index (κ2) is 10.8. The van der Waals surface area contributed by atoms with Crippen LogP contribution in [0.4, 0.5) is 20.4 Å². The molecular formula is C24H24Br2F2N4O4. The van der Waals surface area contributed by atoms with E-state index >= 15 is 0 Å². The lowest BCUT2D eigenvalue weighted by molar-refractivity contribution is -0.128. The number of alkyl halides is 2. The Kier molecular flexibility index (Phi) is 7.66. The Morgan fingerprint density at radius 2 is 1.56 bits per heavy atom. The van der Waals surface area contributed by atoms with Crippen LogP contribution in [-0.4, -0.2) is 61.2 Å². The normalized spacial score (nSPS) is 26.6. The van der Waals surface area contributed by atoms with E-state index in [1.54, 1.807) is 6.20 Å². The predicted octanol–water partition coefficient (Wildman–Crippen LogP) is 4.49. The third-order valence-corrected chi connectivity index (χ3v) is 7.86. The fraction of sp³-hybridized carbons (Fsp3) is 0.500. The number of hydrogen-bond donors (Lipinski definition) is 1. The fourth-order valence-electron chi connectivity index (χ4n) is 5.34. The Bertz CT molecular complexity index is 1170. The van der Waals surface area contributed by atoms with Gasteiger partial charge in [-0.05, 0) is 56.8 Å². The van der Waals surface area contributed by atoms with Crippen molar-refractivity contribution in [3.05, 3.63) is 44.6 Å². The minimum absolute atomic E-state index is 0.00479. The summed E-state index contributed by atoms with van der Waals surface area (Å²) in [5, 5.41) is 2.84. The number of fused-ring (bicyclic) bond motifs is 6. The number of carbonyl (C=O) groups excluding carboxylic acids is 2. The highest BCUT2D eigenvalue weighted by molar-refractivity contribution is 9.10. The predicted molar refractivity (Wildman–Crippen MR) is 134 cm³/mol. The Balaban J connectivity index is 0.000000152.